The molecule has 200 valence electrons. The molecule has 0 aliphatic rings. The zero-order valence-corrected chi connectivity index (χ0v) is 22.1. The highest BCUT2D eigenvalue weighted by molar-refractivity contribution is 6.06. The maximum atomic E-state index is 12.9. The Morgan fingerprint density at radius 1 is 0.925 bits per heavy atom. The van der Waals surface area contributed by atoms with Gasteiger partial charge in [0.05, 0.1) is 5.69 Å². The predicted molar refractivity (Wildman–Crippen MR) is 158 cm³/mol. The van der Waals surface area contributed by atoms with Gasteiger partial charge in [0.25, 0.3) is 5.91 Å². The SMILES string of the molecule is CN(C)C/C=C/C(=O)Nc1cccc(C(=O)Nc2ccc(Nc3nc(-c4cccnc4)c4cc[nH]c4n3)cc2)c1. The third kappa shape index (κ3) is 6.55. The second-order valence-corrected chi connectivity index (χ2v) is 9.27. The summed E-state index contributed by atoms with van der Waals surface area (Å²) in [4.78, 5) is 43.6. The second kappa shape index (κ2) is 12.0. The third-order valence-electron chi connectivity index (χ3n) is 5.88. The van der Waals surface area contributed by atoms with Crippen LogP contribution in [0.5, 0.6) is 0 Å². The number of aromatic nitrogens is 4. The van der Waals surface area contributed by atoms with Gasteiger partial charge in [-0.25, -0.2) is 4.98 Å². The number of fused-ring (bicyclic) bond motifs is 1. The largest absolute Gasteiger partial charge is 0.346 e. The Balaban J connectivity index is 1.24. The number of benzene rings is 2. The number of nitrogens with one attached hydrogen (secondary N) is 4. The molecule has 0 aliphatic heterocycles. The molecule has 10 nitrogen and oxygen atoms in total. The molecular formula is C30H28N8O2. The molecule has 3 heterocycles. The van der Waals surface area contributed by atoms with Crippen LogP contribution in [0.1, 0.15) is 10.4 Å². The van der Waals surface area contributed by atoms with Crippen molar-refractivity contribution in [2.75, 3.05) is 36.6 Å². The molecule has 0 atom stereocenters. The van der Waals surface area contributed by atoms with Crippen molar-refractivity contribution in [2.24, 2.45) is 0 Å². The normalized spacial score (nSPS) is 11.2. The minimum atomic E-state index is -0.290. The van der Waals surface area contributed by atoms with Crippen LogP contribution in [0.2, 0.25) is 0 Å². The summed E-state index contributed by atoms with van der Waals surface area (Å²) in [5.41, 5.74) is 4.71. The lowest BCUT2D eigenvalue weighted by Crippen LogP contribution is -2.14. The molecule has 5 aromatic rings. The van der Waals surface area contributed by atoms with E-state index in [1.54, 1.807) is 54.9 Å². The van der Waals surface area contributed by atoms with Crippen molar-refractivity contribution in [3.8, 4) is 11.3 Å². The topological polar surface area (TPSA) is 128 Å². The lowest BCUT2D eigenvalue weighted by molar-refractivity contribution is -0.111. The maximum absolute atomic E-state index is 12.9. The number of aromatic amines is 1. The van der Waals surface area contributed by atoms with Crippen molar-refractivity contribution in [2.45, 2.75) is 0 Å². The molecule has 40 heavy (non-hydrogen) atoms. The number of pyridine rings is 1. The number of H-pyrrole nitrogens is 1. The first-order valence-corrected chi connectivity index (χ1v) is 12.6. The number of carbonyl (C=O) groups excluding carboxylic acids is 2. The molecule has 2 amide bonds. The fraction of sp³-hybridized carbons (Fsp3) is 0.100. The summed E-state index contributed by atoms with van der Waals surface area (Å²) in [6.07, 6.45) is 8.56. The molecule has 0 aliphatic carbocycles. The minimum Gasteiger partial charge on any atom is -0.346 e. The number of anilines is 4. The highest BCUT2D eigenvalue weighted by Gasteiger charge is 2.12. The van der Waals surface area contributed by atoms with Gasteiger partial charge in [0.2, 0.25) is 11.9 Å². The van der Waals surface area contributed by atoms with Gasteiger partial charge in [0.1, 0.15) is 5.65 Å². The highest BCUT2D eigenvalue weighted by Crippen LogP contribution is 2.27. The number of likely N-dealkylation sites (N-methyl/N-ethyl adjacent to an activating group) is 1. The Kier molecular flexibility index (Phi) is 7.89. The summed E-state index contributed by atoms with van der Waals surface area (Å²) >= 11 is 0. The zero-order chi connectivity index (χ0) is 27.9. The van der Waals surface area contributed by atoms with Crippen molar-refractivity contribution in [1.29, 1.82) is 0 Å². The predicted octanol–water partition coefficient (Wildman–Crippen LogP) is 5.07. The summed E-state index contributed by atoms with van der Waals surface area (Å²) in [6, 6.07) is 19.8. The first kappa shape index (κ1) is 26.3. The van der Waals surface area contributed by atoms with E-state index < -0.39 is 0 Å². The van der Waals surface area contributed by atoms with Crippen molar-refractivity contribution in [3.05, 3.63) is 103 Å². The Morgan fingerprint density at radius 2 is 1.75 bits per heavy atom. The van der Waals surface area contributed by atoms with Crippen LogP contribution in [0.15, 0.2) is 97.5 Å². The average Bonchev–Trinajstić information content (AvgIpc) is 3.43. The number of carbonyl (C=O) groups is 2. The monoisotopic (exact) mass is 532 g/mol. The number of hydrogen-bond donors (Lipinski definition) is 4. The van der Waals surface area contributed by atoms with Crippen LogP contribution in [0.4, 0.5) is 23.0 Å². The van der Waals surface area contributed by atoms with Gasteiger partial charge in [0.15, 0.2) is 0 Å². The van der Waals surface area contributed by atoms with Gasteiger partial charge in [-0.15, -0.1) is 0 Å². The third-order valence-corrected chi connectivity index (χ3v) is 5.88. The van der Waals surface area contributed by atoms with E-state index in [1.807, 2.05) is 55.5 Å². The molecule has 10 heteroatoms. The number of hydrogen-bond acceptors (Lipinski definition) is 7. The molecule has 0 radical (unpaired) electrons. The van der Waals surface area contributed by atoms with E-state index in [9.17, 15) is 9.59 Å². The fourth-order valence-electron chi connectivity index (χ4n) is 3.98. The van der Waals surface area contributed by atoms with Crippen molar-refractivity contribution in [1.82, 2.24) is 24.8 Å². The molecule has 4 N–H and O–H groups in total. The summed E-state index contributed by atoms with van der Waals surface area (Å²) < 4.78 is 0. The van der Waals surface area contributed by atoms with Crippen LogP contribution in [-0.4, -0.2) is 57.3 Å². The summed E-state index contributed by atoms with van der Waals surface area (Å²) in [6.45, 7) is 0.658. The Morgan fingerprint density at radius 3 is 2.52 bits per heavy atom. The summed E-state index contributed by atoms with van der Waals surface area (Å²) in [5.74, 6) is -0.114. The van der Waals surface area contributed by atoms with Crippen molar-refractivity contribution < 1.29 is 9.59 Å². The van der Waals surface area contributed by atoms with Gasteiger partial charge < -0.3 is 25.8 Å². The molecular weight excluding hydrogens is 504 g/mol. The zero-order valence-electron chi connectivity index (χ0n) is 22.1. The van der Waals surface area contributed by atoms with Gasteiger partial charge in [0, 0.05) is 64.8 Å². The van der Waals surface area contributed by atoms with Crippen LogP contribution >= 0.6 is 0 Å². The minimum absolute atomic E-state index is 0.255. The van der Waals surface area contributed by atoms with Crippen LogP contribution in [-0.2, 0) is 4.79 Å². The Labute approximate surface area is 231 Å². The number of amides is 2. The van der Waals surface area contributed by atoms with E-state index in [2.05, 4.69) is 30.9 Å². The van der Waals surface area contributed by atoms with Crippen LogP contribution < -0.4 is 16.0 Å². The van der Waals surface area contributed by atoms with E-state index >= 15 is 0 Å². The summed E-state index contributed by atoms with van der Waals surface area (Å²) in [5, 5.41) is 9.80. The maximum Gasteiger partial charge on any atom is 0.255 e. The van der Waals surface area contributed by atoms with Crippen molar-refractivity contribution in [3.63, 3.8) is 0 Å². The van der Waals surface area contributed by atoms with Gasteiger partial charge in [-0.3, -0.25) is 14.6 Å². The smallest absolute Gasteiger partial charge is 0.255 e. The van der Waals surface area contributed by atoms with Gasteiger partial charge >= 0.3 is 0 Å². The molecule has 0 saturated heterocycles. The lowest BCUT2D eigenvalue weighted by Gasteiger charge is -2.10. The van der Waals surface area contributed by atoms with E-state index in [0.29, 0.717) is 35.1 Å². The molecule has 0 fully saturated rings. The molecule has 3 aromatic heterocycles. The van der Waals surface area contributed by atoms with E-state index in [4.69, 9.17) is 4.98 Å². The Hall–Kier alpha value is -5.35. The first-order valence-electron chi connectivity index (χ1n) is 12.6. The van der Waals surface area contributed by atoms with Crippen LogP contribution in [0, 0.1) is 0 Å². The van der Waals surface area contributed by atoms with Gasteiger partial charge in [-0.1, -0.05) is 12.1 Å². The Bertz CT molecular complexity index is 1660. The lowest BCUT2D eigenvalue weighted by atomic mass is 10.1. The highest BCUT2D eigenvalue weighted by atomic mass is 16.2. The quantitative estimate of drug-likeness (QED) is 0.195. The average molecular weight is 533 g/mol. The molecule has 0 bridgehead atoms. The number of rotatable bonds is 9. The van der Waals surface area contributed by atoms with Crippen LogP contribution in [0.3, 0.4) is 0 Å². The molecule has 0 saturated carbocycles. The molecule has 5 rings (SSSR count). The van der Waals surface area contributed by atoms with Crippen molar-refractivity contribution >= 4 is 45.9 Å². The van der Waals surface area contributed by atoms with Crippen LogP contribution in [0.25, 0.3) is 22.3 Å². The van der Waals surface area contributed by atoms with E-state index in [0.717, 1.165) is 22.3 Å². The van der Waals surface area contributed by atoms with E-state index in [-0.39, 0.29) is 11.8 Å². The second-order valence-electron chi connectivity index (χ2n) is 9.27. The molecule has 0 spiro atoms. The number of nitrogens with zero attached hydrogens (tertiary/aromatic N) is 4. The van der Waals surface area contributed by atoms with Gasteiger partial charge in [-0.05, 0) is 74.8 Å². The van der Waals surface area contributed by atoms with Gasteiger partial charge in [-0.2, -0.15) is 4.98 Å². The van der Waals surface area contributed by atoms with E-state index in [1.165, 1.54) is 6.08 Å². The molecule has 0 unspecified atom stereocenters. The first-order chi connectivity index (χ1) is 19.4. The molecule has 2 aromatic carbocycles. The summed E-state index contributed by atoms with van der Waals surface area (Å²) in [7, 11) is 3.85. The fourth-order valence-corrected chi connectivity index (χ4v) is 3.98. The standard InChI is InChI=1S/C30H28N8O2/c1-38(2)17-5-9-26(39)33-24-8-3-6-20(18-24)29(40)34-22-10-12-23(13-11-22)35-30-36-27(21-7-4-15-31-19-21)25-14-16-32-28(25)37-30/h3-16,18-19H,17H2,1-2H3,(H,33,39)(H,34,40)(H2,32,35,36,37)/b9-5+.